The van der Waals surface area contributed by atoms with E-state index in [0.717, 1.165) is 27.1 Å². The van der Waals surface area contributed by atoms with E-state index >= 15 is 0 Å². The molecule has 0 atom stereocenters. The first-order valence-corrected chi connectivity index (χ1v) is 7.30. The highest BCUT2D eigenvalue weighted by molar-refractivity contribution is 9.10. The van der Waals surface area contributed by atoms with Crippen molar-refractivity contribution in [3.05, 3.63) is 52.0 Å². The highest BCUT2D eigenvalue weighted by Gasteiger charge is 2.26. The van der Waals surface area contributed by atoms with Gasteiger partial charge in [0.05, 0.1) is 23.6 Å². The Morgan fingerprint density at radius 1 is 1.15 bits per heavy atom. The molecule has 0 spiro atoms. The maximum Gasteiger partial charge on any atom is 0.250 e. The summed E-state index contributed by atoms with van der Waals surface area (Å²) in [6.45, 7) is 4.44. The Kier molecular flexibility index (Phi) is 3.26. The molecule has 102 valence electrons. The molecule has 0 unspecified atom stereocenters. The summed E-state index contributed by atoms with van der Waals surface area (Å²) in [7, 11) is 0. The highest BCUT2D eigenvalue weighted by Crippen LogP contribution is 2.38. The summed E-state index contributed by atoms with van der Waals surface area (Å²) in [6.07, 6.45) is 0. The van der Waals surface area contributed by atoms with Crippen LogP contribution in [0.25, 0.3) is 0 Å². The standard InChI is InChI=1S/C16H15BrN2O/c1-10-4-3-5-14(11(10)2)19-15-8-12(17)6-7-13(15)18-9-16(19)20/h3-8,18H,9H2,1-2H3. The van der Waals surface area contributed by atoms with Gasteiger partial charge in [0.2, 0.25) is 0 Å². The summed E-state index contributed by atoms with van der Waals surface area (Å²) >= 11 is 3.48. The number of amides is 1. The fraction of sp³-hybridized carbons (Fsp3) is 0.188. The van der Waals surface area contributed by atoms with Crippen molar-refractivity contribution in [3.8, 4) is 0 Å². The quantitative estimate of drug-likeness (QED) is 0.851. The van der Waals surface area contributed by atoms with Crippen LogP contribution in [0.2, 0.25) is 0 Å². The number of halogens is 1. The third-order valence-corrected chi connectivity index (χ3v) is 4.19. The molecule has 1 N–H and O–H groups in total. The summed E-state index contributed by atoms with van der Waals surface area (Å²) in [4.78, 5) is 14.2. The number of carbonyl (C=O) groups excluding carboxylic acids is 1. The molecule has 0 aromatic heterocycles. The first-order chi connectivity index (χ1) is 9.58. The van der Waals surface area contributed by atoms with Crippen molar-refractivity contribution < 1.29 is 4.79 Å². The van der Waals surface area contributed by atoms with Crippen molar-refractivity contribution in [1.82, 2.24) is 0 Å². The molecule has 1 heterocycles. The SMILES string of the molecule is Cc1cccc(N2C(=O)CNc3ccc(Br)cc32)c1C. The van der Waals surface area contributed by atoms with Crippen molar-refractivity contribution in [3.63, 3.8) is 0 Å². The van der Waals surface area contributed by atoms with Crippen LogP contribution in [0.4, 0.5) is 17.1 Å². The van der Waals surface area contributed by atoms with Gasteiger partial charge in [-0.25, -0.2) is 0 Å². The molecule has 3 rings (SSSR count). The van der Waals surface area contributed by atoms with Crippen LogP contribution in [0, 0.1) is 13.8 Å². The van der Waals surface area contributed by atoms with Gasteiger partial charge in [0, 0.05) is 4.47 Å². The molecule has 0 bridgehead atoms. The first-order valence-electron chi connectivity index (χ1n) is 6.50. The molecule has 2 aromatic carbocycles. The number of anilines is 3. The van der Waals surface area contributed by atoms with Crippen LogP contribution in [-0.4, -0.2) is 12.5 Å². The van der Waals surface area contributed by atoms with Crippen molar-refractivity contribution in [1.29, 1.82) is 0 Å². The number of benzene rings is 2. The summed E-state index contributed by atoms with van der Waals surface area (Å²) in [6, 6.07) is 12.0. The van der Waals surface area contributed by atoms with Crippen LogP contribution in [0.3, 0.4) is 0 Å². The molecule has 4 heteroatoms. The Morgan fingerprint density at radius 3 is 2.75 bits per heavy atom. The van der Waals surface area contributed by atoms with Crippen LogP contribution in [0.15, 0.2) is 40.9 Å². The monoisotopic (exact) mass is 330 g/mol. The van der Waals surface area contributed by atoms with E-state index in [0.29, 0.717) is 6.54 Å². The first kappa shape index (κ1) is 13.2. The average molecular weight is 331 g/mol. The number of fused-ring (bicyclic) bond motifs is 1. The van der Waals surface area contributed by atoms with E-state index in [9.17, 15) is 4.79 Å². The van der Waals surface area contributed by atoms with Crippen molar-refractivity contribution in [2.45, 2.75) is 13.8 Å². The minimum Gasteiger partial charge on any atom is -0.374 e. The number of rotatable bonds is 1. The second kappa shape index (κ2) is 4.94. The zero-order valence-corrected chi connectivity index (χ0v) is 13.0. The molecular weight excluding hydrogens is 316 g/mol. The molecule has 20 heavy (non-hydrogen) atoms. The van der Waals surface area contributed by atoms with Gasteiger partial charge in [0.1, 0.15) is 0 Å². The van der Waals surface area contributed by atoms with Gasteiger partial charge >= 0.3 is 0 Å². The van der Waals surface area contributed by atoms with E-state index < -0.39 is 0 Å². The molecule has 0 radical (unpaired) electrons. The predicted molar refractivity (Wildman–Crippen MR) is 85.7 cm³/mol. The lowest BCUT2D eigenvalue weighted by Crippen LogP contribution is -2.36. The zero-order valence-electron chi connectivity index (χ0n) is 11.4. The molecule has 1 aliphatic rings. The minimum absolute atomic E-state index is 0.0595. The lowest BCUT2D eigenvalue weighted by atomic mass is 10.1. The van der Waals surface area contributed by atoms with E-state index in [1.165, 1.54) is 5.56 Å². The molecule has 1 amide bonds. The van der Waals surface area contributed by atoms with Gasteiger partial charge in [-0.15, -0.1) is 0 Å². The Balaban J connectivity index is 2.21. The Morgan fingerprint density at radius 2 is 1.95 bits per heavy atom. The topological polar surface area (TPSA) is 32.3 Å². The fourth-order valence-corrected chi connectivity index (χ4v) is 2.81. The van der Waals surface area contributed by atoms with E-state index in [1.54, 1.807) is 4.90 Å². The van der Waals surface area contributed by atoms with Crippen molar-refractivity contribution in [2.24, 2.45) is 0 Å². The molecular formula is C16H15BrN2O. The molecule has 0 fully saturated rings. The van der Waals surface area contributed by atoms with E-state index in [1.807, 2.05) is 30.3 Å². The second-order valence-electron chi connectivity index (χ2n) is 4.96. The molecule has 3 nitrogen and oxygen atoms in total. The van der Waals surface area contributed by atoms with E-state index in [4.69, 9.17) is 0 Å². The molecule has 0 saturated heterocycles. The van der Waals surface area contributed by atoms with Crippen LogP contribution in [0.1, 0.15) is 11.1 Å². The van der Waals surface area contributed by atoms with Crippen molar-refractivity contribution >= 4 is 38.9 Å². The summed E-state index contributed by atoms with van der Waals surface area (Å²) in [5.41, 5.74) is 5.15. The predicted octanol–water partition coefficient (Wildman–Crippen LogP) is 4.16. The smallest absolute Gasteiger partial charge is 0.250 e. The number of nitrogens with zero attached hydrogens (tertiary/aromatic N) is 1. The molecule has 1 aliphatic heterocycles. The minimum atomic E-state index is 0.0595. The lowest BCUT2D eigenvalue weighted by molar-refractivity contribution is -0.116. The Labute approximate surface area is 126 Å². The second-order valence-corrected chi connectivity index (χ2v) is 5.88. The lowest BCUT2D eigenvalue weighted by Gasteiger charge is -2.31. The van der Waals surface area contributed by atoms with E-state index in [2.05, 4.69) is 41.2 Å². The van der Waals surface area contributed by atoms with Gasteiger partial charge in [0.25, 0.3) is 5.91 Å². The summed E-state index contributed by atoms with van der Waals surface area (Å²) in [5, 5.41) is 3.16. The van der Waals surface area contributed by atoms with Crippen molar-refractivity contribution in [2.75, 3.05) is 16.8 Å². The highest BCUT2D eigenvalue weighted by atomic mass is 79.9. The van der Waals surface area contributed by atoms with Gasteiger partial charge in [-0.2, -0.15) is 0 Å². The van der Waals surface area contributed by atoms with Gasteiger partial charge in [-0.05, 0) is 49.2 Å². The zero-order chi connectivity index (χ0) is 14.3. The van der Waals surface area contributed by atoms with Crippen LogP contribution < -0.4 is 10.2 Å². The largest absolute Gasteiger partial charge is 0.374 e. The third-order valence-electron chi connectivity index (χ3n) is 3.70. The number of aryl methyl sites for hydroxylation is 1. The normalized spacial score (nSPS) is 13.9. The van der Waals surface area contributed by atoms with Gasteiger partial charge in [0.15, 0.2) is 0 Å². The third kappa shape index (κ3) is 2.10. The van der Waals surface area contributed by atoms with Gasteiger partial charge in [-0.1, -0.05) is 28.1 Å². The maximum atomic E-state index is 12.4. The maximum absolute atomic E-state index is 12.4. The van der Waals surface area contributed by atoms with Crippen LogP contribution in [-0.2, 0) is 4.79 Å². The number of nitrogens with one attached hydrogen (secondary N) is 1. The molecule has 2 aromatic rings. The number of carbonyl (C=O) groups is 1. The summed E-state index contributed by atoms with van der Waals surface area (Å²) in [5.74, 6) is 0.0595. The number of hydrogen-bond acceptors (Lipinski definition) is 2. The summed E-state index contributed by atoms with van der Waals surface area (Å²) < 4.78 is 0.961. The van der Waals surface area contributed by atoms with Crippen LogP contribution in [0.5, 0.6) is 0 Å². The Bertz CT molecular complexity index is 697. The molecule has 0 saturated carbocycles. The van der Waals surface area contributed by atoms with E-state index in [-0.39, 0.29) is 5.91 Å². The average Bonchev–Trinajstić information content (AvgIpc) is 2.42. The van der Waals surface area contributed by atoms with Crippen LogP contribution >= 0.6 is 15.9 Å². The van der Waals surface area contributed by atoms with Gasteiger partial charge < -0.3 is 5.32 Å². The fourth-order valence-electron chi connectivity index (χ4n) is 2.47. The molecule has 0 aliphatic carbocycles. The Hall–Kier alpha value is -1.81. The number of hydrogen-bond donors (Lipinski definition) is 1. The van der Waals surface area contributed by atoms with Gasteiger partial charge in [-0.3, -0.25) is 9.69 Å².